The lowest BCUT2D eigenvalue weighted by Crippen LogP contribution is -2.08. The topological polar surface area (TPSA) is 55.4 Å². The highest BCUT2D eigenvalue weighted by atomic mass is 19.3. The van der Waals surface area contributed by atoms with Crippen LogP contribution >= 0.6 is 0 Å². The molecule has 2 aromatic carbocycles. The predicted molar refractivity (Wildman–Crippen MR) is 87.2 cm³/mol. The van der Waals surface area contributed by atoms with Crippen molar-refractivity contribution in [3.05, 3.63) is 65.7 Å². The minimum atomic E-state index is -2.94. The van der Waals surface area contributed by atoms with Crippen molar-refractivity contribution in [2.45, 2.75) is 13.5 Å². The van der Waals surface area contributed by atoms with Crippen LogP contribution in [0.4, 0.5) is 14.5 Å². The quantitative estimate of drug-likeness (QED) is 0.639. The number of rotatable bonds is 6. The van der Waals surface area contributed by atoms with Crippen LogP contribution in [0.25, 0.3) is 6.08 Å². The number of Topliss-reactive ketones (excluding diaryl/α,β-unsaturated/α-hetero) is 1. The molecule has 0 aliphatic carbocycles. The first-order valence-electron chi connectivity index (χ1n) is 7.09. The molecule has 4 nitrogen and oxygen atoms in total. The number of halogens is 2. The second kappa shape index (κ2) is 8.01. The Morgan fingerprint density at radius 2 is 1.88 bits per heavy atom. The molecule has 0 heterocycles. The van der Waals surface area contributed by atoms with Crippen molar-refractivity contribution < 1.29 is 23.1 Å². The molecule has 0 saturated carbocycles. The van der Waals surface area contributed by atoms with Gasteiger partial charge in [0.25, 0.3) is 0 Å². The van der Waals surface area contributed by atoms with Gasteiger partial charge in [-0.25, -0.2) is 0 Å². The number of amides is 1. The van der Waals surface area contributed by atoms with Crippen molar-refractivity contribution in [2.24, 2.45) is 0 Å². The van der Waals surface area contributed by atoms with Gasteiger partial charge in [0.05, 0.1) is 0 Å². The Balaban J connectivity index is 2.08. The Morgan fingerprint density at radius 1 is 1.12 bits per heavy atom. The molecule has 0 aliphatic heterocycles. The van der Waals surface area contributed by atoms with E-state index in [0.29, 0.717) is 16.8 Å². The third-order valence-electron chi connectivity index (χ3n) is 3.09. The number of carbonyl (C=O) groups is 2. The van der Waals surface area contributed by atoms with E-state index < -0.39 is 12.5 Å². The number of nitrogens with one attached hydrogen (secondary N) is 1. The third kappa shape index (κ3) is 5.01. The Hall–Kier alpha value is -3.02. The summed E-state index contributed by atoms with van der Waals surface area (Å²) in [6, 6.07) is 12.6. The van der Waals surface area contributed by atoms with Gasteiger partial charge >= 0.3 is 6.61 Å². The summed E-state index contributed by atoms with van der Waals surface area (Å²) in [5.74, 6) is -0.586. The van der Waals surface area contributed by atoms with Crippen LogP contribution in [-0.4, -0.2) is 18.3 Å². The summed E-state index contributed by atoms with van der Waals surface area (Å²) in [5, 5.41) is 2.60. The average Bonchev–Trinajstić information content (AvgIpc) is 2.53. The van der Waals surface area contributed by atoms with Gasteiger partial charge in [-0.3, -0.25) is 9.59 Å². The minimum absolute atomic E-state index is 0.0184. The highest BCUT2D eigenvalue weighted by molar-refractivity contribution is 6.03. The maximum atomic E-state index is 12.3. The van der Waals surface area contributed by atoms with E-state index in [1.165, 1.54) is 25.1 Å². The minimum Gasteiger partial charge on any atom is -0.434 e. The number of hydrogen-bond donors (Lipinski definition) is 1. The van der Waals surface area contributed by atoms with E-state index in [2.05, 4.69) is 10.1 Å². The lowest BCUT2D eigenvalue weighted by Gasteiger charge is -2.07. The van der Waals surface area contributed by atoms with Crippen LogP contribution < -0.4 is 10.1 Å². The molecule has 1 amide bonds. The smallest absolute Gasteiger partial charge is 0.387 e. The fourth-order valence-corrected chi connectivity index (χ4v) is 1.99. The predicted octanol–water partition coefficient (Wildman–Crippen LogP) is 4.14. The lowest BCUT2D eigenvalue weighted by atomic mass is 10.1. The summed E-state index contributed by atoms with van der Waals surface area (Å²) < 4.78 is 29.1. The zero-order valence-electron chi connectivity index (χ0n) is 12.8. The molecule has 1 N–H and O–H groups in total. The first-order valence-corrected chi connectivity index (χ1v) is 7.09. The summed E-state index contributed by atoms with van der Waals surface area (Å²) in [4.78, 5) is 23.2. The summed E-state index contributed by atoms with van der Waals surface area (Å²) in [7, 11) is 0. The molecule has 0 radical (unpaired) electrons. The first kappa shape index (κ1) is 17.3. The molecule has 6 heteroatoms. The van der Waals surface area contributed by atoms with Crippen LogP contribution in [0.2, 0.25) is 0 Å². The number of alkyl halides is 2. The molecule has 0 saturated heterocycles. The maximum Gasteiger partial charge on any atom is 0.387 e. The molecule has 0 aliphatic rings. The fraction of sp³-hybridized carbons (Fsp3) is 0.111. The summed E-state index contributed by atoms with van der Waals surface area (Å²) >= 11 is 0. The molecule has 0 atom stereocenters. The Morgan fingerprint density at radius 3 is 2.58 bits per heavy atom. The lowest BCUT2D eigenvalue weighted by molar-refractivity contribution is -0.111. The van der Waals surface area contributed by atoms with Gasteiger partial charge in [-0.2, -0.15) is 8.78 Å². The molecular weight excluding hydrogens is 316 g/mol. The number of benzene rings is 2. The van der Waals surface area contributed by atoms with Crippen LogP contribution in [0, 0.1) is 0 Å². The Labute approximate surface area is 137 Å². The van der Waals surface area contributed by atoms with Crippen molar-refractivity contribution in [3.63, 3.8) is 0 Å². The number of para-hydroxylation sites is 1. The number of ketones is 1. The zero-order valence-corrected chi connectivity index (χ0v) is 12.8. The Kier molecular flexibility index (Phi) is 5.78. The number of hydrogen-bond acceptors (Lipinski definition) is 3. The normalized spacial score (nSPS) is 10.8. The molecule has 124 valence electrons. The summed E-state index contributed by atoms with van der Waals surface area (Å²) in [5.41, 5.74) is 1.30. The zero-order chi connectivity index (χ0) is 17.5. The van der Waals surface area contributed by atoms with E-state index in [0.717, 1.165) is 0 Å². The molecule has 2 aromatic rings. The molecule has 2 rings (SSSR count). The number of carbonyl (C=O) groups excluding carboxylic acids is 2. The maximum absolute atomic E-state index is 12.3. The van der Waals surface area contributed by atoms with Crippen LogP contribution in [-0.2, 0) is 4.79 Å². The van der Waals surface area contributed by atoms with Gasteiger partial charge in [-0.05, 0) is 31.2 Å². The van der Waals surface area contributed by atoms with E-state index in [-0.39, 0.29) is 11.5 Å². The van der Waals surface area contributed by atoms with Crippen LogP contribution in [0.15, 0.2) is 54.6 Å². The SMILES string of the molecule is CC(=O)c1cccc(NC(=O)C=Cc2ccccc2OC(F)F)c1. The van der Waals surface area contributed by atoms with Gasteiger partial charge in [0.1, 0.15) is 5.75 Å². The first-order chi connectivity index (χ1) is 11.5. The molecule has 24 heavy (non-hydrogen) atoms. The Bertz CT molecular complexity index is 772. The second-order valence-electron chi connectivity index (χ2n) is 4.88. The number of ether oxygens (including phenoxy) is 1. The molecule has 0 bridgehead atoms. The highest BCUT2D eigenvalue weighted by Crippen LogP contribution is 2.21. The highest BCUT2D eigenvalue weighted by Gasteiger charge is 2.07. The van der Waals surface area contributed by atoms with Crippen molar-refractivity contribution in [1.82, 2.24) is 0 Å². The molecule has 0 unspecified atom stereocenters. The third-order valence-corrected chi connectivity index (χ3v) is 3.09. The van der Waals surface area contributed by atoms with Crippen LogP contribution in [0.3, 0.4) is 0 Å². The van der Waals surface area contributed by atoms with E-state index in [9.17, 15) is 18.4 Å². The van der Waals surface area contributed by atoms with Crippen molar-refractivity contribution >= 4 is 23.5 Å². The molecular formula is C18H15F2NO3. The second-order valence-corrected chi connectivity index (χ2v) is 4.88. The van der Waals surface area contributed by atoms with Gasteiger partial charge in [-0.1, -0.05) is 30.3 Å². The largest absolute Gasteiger partial charge is 0.434 e. The van der Waals surface area contributed by atoms with Crippen molar-refractivity contribution in [1.29, 1.82) is 0 Å². The molecule has 0 fully saturated rings. The average molecular weight is 331 g/mol. The van der Waals surface area contributed by atoms with E-state index in [1.807, 2.05) is 0 Å². The standard InChI is InChI=1S/C18H15F2NO3/c1-12(22)14-6-4-7-15(11-14)21-17(23)10-9-13-5-2-3-8-16(13)24-18(19)20/h2-11,18H,1H3,(H,21,23). The summed E-state index contributed by atoms with van der Waals surface area (Å²) in [6.45, 7) is -1.51. The van der Waals surface area contributed by atoms with Gasteiger partial charge < -0.3 is 10.1 Å². The number of anilines is 1. The monoisotopic (exact) mass is 331 g/mol. The van der Waals surface area contributed by atoms with Crippen LogP contribution in [0.5, 0.6) is 5.75 Å². The van der Waals surface area contributed by atoms with Crippen molar-refractivity contribution in [3.8, 4) is 5.75 Å². The molecule has 0 spiro atoms. The van der Waals surface area contributed by atoms with Gasteiger partial charge in [0.15, 0.2) is 5.78 Å². The van der Waals surface area contributed by atoms with Gasteiger partial charge in [-0.15, -0.1) is 0 Å². The van der Waals surface area contributed by atoms with E-state index >= 15 is 0 Å². The van der Waals surface area contributed by atoms with E-state index in [4.69, 9.17) is 0 Å². The van der Waals surface area contributed by atoms with Gasteiger partial charge in [0.2, 0.25) is 5.91 Å². The van der Waals surface area contributed by atoms with Crippen LogP contribution in [0.1, 0.15) is 22.8 Å². The van der Waals surface area contributed by atoms with Crippen molar-refractivity contribution in [2.75, 3.05) is 5.32 Å². The van der Waals surface area contributed by atoms with E-state index in [1.54, 1.807) is 42.5 Å². The van der Waals surface area contributed by atoms with Gasteiger partial charge in [0, 0.05) is 22.9 Å². The fourth-order valence-electron chi connectivity index (χ4n) is 1.99. The summed E-state index contributed by atoms with van der Waals surface area (Å²) in [6.07, 6.45) is 2.58. The molecule has 0 aromatic heterocycles.